The Hall–Kier alpha value is -4.83. The van der Waals surface area contributed by atoms with Crippen LogP contribution in [0.25, 0.3) is 0 Å². The number of methoxy groups -OCH3 is 2. The summed E-state index contributed by atoms with van der Waals surface area (Å²) in [4.78, 5) is 29.9. The zero-order valence-corrected chi connectivity index (χ0v) is 27.4. The predicted molar refractivity (Wildman–Crippen MR) is 179 cm³/mol. The number of nitrogens with one attached hydrogen (secondary N) is 1. The van der Waals surface area contributed by atoms with E-state index in [1.165, 1.54) is 24.1 Å². The van der Waals surface area contributed by atoms with Gasteiger partial charge in [-0.25, -0.2) is 8.42 Å². The van der Waals surface area contributed by atoms with Gasteiger partial charge in [0.25, 0.3) is 10.0 Å². The van der Waals surface area contributed by atoms with E-state index in [1.807, 2.05) is 56.3 Å². The number of carbonyl (C=O) groups excluding carboxylic acids is 2. The van der Waals surface area contributed by atoms with Crippen LogP contribution in [0.5, 0.6) is 11.5 Å². The van der Waals surface area contributed by atoms with Crippen molar-refractivity contribution in [2.75, 3.05) is 31.6 Å². The largest absolute Gasteiger partial charge is 0.497 e. The van der Waals surface area contributed by atoms with Gasteiger partial charge in [-0.05, 0) is 65.6 Å². The summed E-state index contributed by atoms with van der Waals surface area (Å²) in [5, 5.41) is 3.00. The molecule has 0 spiro atoms. The fraction of sp³-hybridized carbons (Fsp3) is 0.278. The van der Waals surface area contributed by atoms with Gasteiger partial charge in [0.15, 0.2) is 0 Å². The third kappa shape index (κ3) is 8.88. The van der Waals surface area contributed by atoms with Gasteiger partial charge in [0.05, 0.1) is 24.8 Å². The number of hydrogen-bond donors (Lipinski definition) is 1. The van der Waals surface area contributed by atoms with E-state index in [9.17, 15) is 18.0 Å². The highest BCUT2D eigenvalue weighted by atomic mass is 32.2. The summed E-state index contributed by atoms with van der Waals surface area (Å²) in [6.45, 7) is 3.92. The minimum Gasteiger partial charge on any atom is -0.497 e. The third-order valence-corrected chi connectivity index (χ3v) is 9.20. The van der Waals surface area contributed by atoms with Gasteiger partial charge in [-0.15, -0.1) is 0 Å². The Morgan fingerprint density at radius 3 is 1.98 bits per heavy atom. The second-order valence-electron chi connectivity index (χ2n) is 11.2. The summed E-state index contributed by atoms with van der Waals surface area (Å²) >= 11 is 0. The minimum absolute atomic E-state index is 0.000175. The lowest BCUT2D eigenvalue weighted by atomic mass is 10.0. The van der Waals surface area contributed by atoms with Crippen molar-refractivity contribution in [3.8, 4) is 11.5 Å². The lowest BCUT2D eigenvalue weighted by molar-refractivity contribution is -0.140. The summed E-state index contributed by atoms with van der Waals surface area (Å²) in [5.74, 6) is 0.429. The summed E-state index contributed by atoms with van der Waals surface area (Å²) < 4.78 is 40.0. The van der Waals surface area contributed by atoms with E-state index in [1.54, 1.807) is 61.7 Å². The van der Waals surface area contributed by atoms with E-state index < -0.39 is 28.5 Å². The van der Waals surface area contributed by atoms with Crippen LogP contribution >= 0.6 is 0 Å². The van der Waals surface area contributed by atoms with Gasteiger partial charge >= 0.3 is 0 Å². The first-order valence-corrected chi connectivity index (χ1v) is 16.5. The second kappa shape index (κ2) is 15.9. The molecular formula is C36H41N3O6S. The zero-order chi connectivity index (χ0) is 33.1. The Kier molecular flexibility index (Phi) is 11.8. The number of anilines is 1. The number of sulfonamides is 1. The molecule has 0 fully saturated rings. The van der Waals surface area contributed by atoms with E-state index in [4.69, 9.17) is 9.47 Å². The SMILES string of the molecule is COc1ccc(S(=O)(=O)N(CC(=O)N(Cc2cccc(OC)c2)C(Cc2ccccc2)C(=O)NCC(C)C)c2ccccc2)cc1. The molecular weight excluding hydrogens is 602 g/mol. The Morgan fingerprint density at radius 1 is 0.761 bits per heavy atom. The van der Waals surface area contributed by atoms with Crippen LogP contribution in [-0.4, -0.2) is 58.5 Å². The van der Waals surface area contributed by atoms with Crippen LogP contribution in [0.15, 0.2) is 114 Å². The molecule has 0 aliphatic rings. The van der Waals surface area contributed by atoms with Crippen LogP contribution in [0.4, 0.5) is 5.69 Å². The lowest BCUT2D eigenvalue weighted by Crippen LogP contribution is -2.53. The average Bonchev–Trinajstić information content (AvgIpc) is 3.08. The van der Waals surface area contributed by atoms with Crippen molar-refractivity contribution in [3.63, 3.8) is 0 Å². The maximum Gasteiger partial charge on any atom is 0.264 e. The van der Waals surface area contributed by atoms with E-state index in [0.717, 1.165) is 15.4 Å². The monoisotopic (exact) mass is 643 g/mol. The number of carbonyl (C=O) groups is 2. The first-order valence-electron chi connectivity index (χ1n) is 15.1. The van der Waals surface area contributed by atoms with Crippen molar-refractivity contribution in [1.29, 1.82) is 0 Å². The lowest BCUT2D eigenvalue weighted by Gasteiger charge is -2.34. The van der Waals surface area contributed by atoms with Crippen LogP contribution < -0.4 is 19.1 Å². The Balaban J connectivity index is 1.79. The standard InChI is InChI=1S/C36H41N3O6S/c1-27(2)24-37-36(41)34(23-28-12-7-5-8-13-28)38(25-29-14-11-17-32(22-29)45-4)35(40)26-39(30-15-9-6-10-16-30)46(42,43)33-20-18-31(44-3)19-21-33/h5-22,27,34H,23-26H2,1-4H3,(H,37,41). The highest BCUT2D eigenvalue weighted by Crippen LogP contribution is 2.26. The molecule has 0 bridgehead atoms. The summed E-state index contributed by atoms with van der Waals surface area (Å²) in [6.07, 6.45) is 0.233. The van der Waals surface area contributed by atoms with Gasteiger partial charge in [0.1, 0.15) is 24.1 Å². The smallest absolute Gasteiger partial charge is 0.264 e. The number of rotatable bonds is 15. The molecule has 0 saturated carbocycles. The molecule has 0 aliphatic heterocycles. The molecule has 1 atom stereocenters. The Bertz CT molecular complexity index is 1680. The van der Waals surface area contributed by atoms with Gasteiger partial charge in [-0.2, -0.15) is 0 Å². The summed E-state index contributed by atoms with van der Waals surface area (Å²) in [5.41, 5.74) is 1.91. The molecule has 0 aliphatic carbocycles. The van der Waals surface area contributed by atoms with E-state index in [2.05, 4.69) is 5.32 Å². The number of nitrogens with zero attached hydrogens (tertiary/aromatic N) is 2. The van der Waals surface area contributed by atoms with Crippen molar-refractivity contribution >= 4 is 27.5 Å². The predicted octanol–water partition coefficient (Wildman–Crippen LogP) is 5.31. The molecule has 0 radical (unpaired) electrons. The quantitative estimate of drug-likeness (QED) is 0.188. The number of hydrogen-bond acceptors (Lipinski definition) is 6. The van der Waals surface area contributed by atoms with Crippen LogP contribution in [0.1, 0.15) is 25.0 Å². The van der Waals surface area contributed by atoms with Crippen LogP contribution in [-0.2, 0) is 32.6 Å². The normalized spacial score (nSPS) is 11.8. The Labute approximate surface area is 271 Å². The molecule has 2 amide bonds. The molecule has 4 aromatic carbocycles. The number of ether oxygens (including phenoxy) is 2. The first-order chi connectivity index (χ1) is 22.1. The number of benzene rings is 4. The van der Waals surface area contributed by atoms with Crippen LogP contribution in [0.2, 0.25) is 0 Å². The fourth-order valence-corrected chi connectivity index (χ4v) is 6.36. The molecule has 1 N–H and O–H groups in total. The van der Waals surface area contributed by atoms with Gasteiger partial charge < -0.3 is 19.7 Å². The molecule has 46 heavy (non-hydrogen) atoms. The van der Waals surface area contributed by atoms with Crippen molar-refractivity contribution < 1.29 is 27.5 Å². The third-order valence-electron chi connectivity index (χ3n) is 7.41. The van der Waals surface area contributed by atoms with Crippen LogP contribution in [0.3, 0.4) is 0 Å². The van der Waals surface area contributed by atoms with E-state index in [-0.39, 0.29) is 29.7 Å². The number of para-hydroxylation sites is 1. The summed E-state index contributed by atoms with van der Waals surface area (Å²) in [7, 11) is -1.15. The van der Waals surface area contributed by atoms with Gasteiger partial charge in [0, 0.05) is 19.5 Å². The van der Waals surface area contributed by atoms with E-state index in [0.29, 0.717) is 23.7 Å². The zero-order valence-electron chi connectivity index (χ0n) is 26.6. The summed E-state index contributed by atoms with van der Waals surface area (Å²) in [6, 6.07) is 30.2. The van der Waals surface area contributed by atoms with Crippen molar-refractivity contribution in [2.24, 2.45) is 5.92 Å². The highest BCUT2D eigenvalue weighted by molar-refractivity contribution is 7.92. The van der Waals surface area contributed by atoms with Gasteiger partial charge in [-0.1, -0.05) is 74.5 Å². The maximum absolute atomic E-state index is 14.5. The van der Waals surface area contributed by atoms with Crippen LogP contribution in [0, 0.1) is 5.92 Å². The average molecular weight is 644 g/mol. The Morgan fingerprint density at radius 2 is 1.37 bits per heavy atom. The molecule has 0 heterocycles. The van der Waals surface area contributed by atoms with Crippen molar-refractivity contribution in [2.45, 2.75) is 37.8 Å². The molecule has 10 heteroatoms. The van der Waals surface area contributed by atoms with E-state index >= 15 is 0 Å². The molecule has 0 aromatic heterocycles. The van der Waals surface area contributed by atoms with Crippen molar-refractivity contribution in [1.82, 2.24) is 10.2 Å². The van der Waals surface area contributed by atoms with Gasteiger partial charge in [-0.3, -0.25) is 13.9 Å². The maximum atomic E-state index is 14.5. The first kappa shape index (κ1) is 34.1. The number of amides is 2. The molecule has 9 nitrogen and oxygen atoms in total. The molecule has 4 rings (SSSR count). The minimum atomic E-state index is -4.21. The van der Waals surface area contributed by atoms with Gasteiger partial charge in [0.2, 0.25) is 11.8 Å². The molecule has 1 unspecified atom stereocenters. The topological polar surface area (TPSA) is 105 Å². The van der Waals surface area contributed by atoms with Crippen molar-refractivity contribution in [3.05, 3.63) is 120 Å². The highest BCUT2D eigenvalue weighted by Gasteiger charge is 2.34. The molecule has 4 aromatic rings. The second-order valence-corrected chi connectivity index (χ2v) is 13.1. The molecule has 242 valence electrons. The fourth-order valence-electron chi connectivity index (χ4n) is 4.94. The molecule has 0 saturated heterocycles.